The molecule has 0 atom stereocenters. The summed E-state index contributed by atoms with van der Waals surface area (Å²) in [5.41, 5.74) is 2.16. The van der Waals surface area contributed by atoms with E-state index in [1.807, 2.05) is 36.1 Å². The van der Waals surface area contributed by atoms with Gasteiger partial charge in [0.15, 0.2) is 16.6 Å². The molecule has 0 bridgehead atoms. The van der Waals surface area contributed by atoms with E-state index in [1.54, 1.807) is 18.2 Å². The van der Waals surface area contributed by atoms with Gasteiger partial charge < -0.3 is 24.6 Å². The Morgan fingerprint density at radius 2 is 1.69 bits per heavy atom. The number of piperazine rings is 1. The first-order valence-corrected chi connectivity index (χ1v) is 10.8. The summed E-state index contributed by atoms with van der Waals surface area (Å²) < 4.78 is 10.5. The highest BCUT2D eigenvalue weighted by molar-refractivity contribution is 7.80. The predicted octanol–water partition coefficient (Wildman–Crippen LogP) is 2.89. The van der Waals surface area contributed by atoms with Crippen molar-refractivity contribution >= 4 is 40.5 Å². The van der Waals surface area contributed by atoms with Gasteiger partial charge in [-0.3, -0.25) is 14.9 Å². The van der Waals surface area contributed by atoms with Gasteiger partial charge in [0.1, 0.15) is 0 Å². The number of carbonyl (C=O) groups is 2. The van der Waals surface area contributed by atoms with Gasteiger partial charge in [0.2, 0.25) is 5.91 Å². The largest absolute Gasteiger partial charge is 0.493 e. The third-order valence-corrected chi connectivity index (χ3v) is 5.50. The highest BCUT2D eigenvalue weighted by Crippen LogP contribution is 2.28. The Labute approximate surface area is 193 Å². The number of nitrogens with one attached hydrogen (secondary N) is 2. The maximum Gasteiger partial charge on any atom is 0.257 e. The third kappa shape index (κ3) is 5.47. The molecule has 1 saturated heterocycles. The average molecular weight is 457 g/mol. The molecular weight excluding hydrogens is 428 g/mol. The molecule has 2 aromatic rings. The van der Waals surface area contributed by atoms with Crippen LogP contribution >= 0.6 is 12.2 Å². The lowest BCUT2D eigenvalue weighted by atomic mass is 10.2. The van der Waals surface area contributed by atoms with E-state index in [-0.39, 0.29) is 16.9 Å². The van der Waals surface area contributed by atoms with E-state index in [0.717, 1.165) is 24.5 Å². The Balaban J connectivity index is 1.65. The topological polar surface area (TPSA) is 83.1 Å². The van der Waals surface area contributed by atoms with Crippen LogP contribution in [0, 0.1) is 0 Å². The zero-order chi connectivity index (χ0) is 23.1. The number of thiocarbonyl (C=S) groups is 1. The summed E-state index contributed by atoms with van der Waals surface area (Å²) in [5, 5.41) is 6.02. The van der Waals surface area contributed by atoms with E-state index in [2.05, 4.69) is 15.5 Å². The number of hydrogen-bond acceptors (Lipinski definition) is 6. The molecule has 0 radical (unpaired) electrons. The van der Waals surface area contributed by atoms with Crippen LogP contribution in [0.5, 0.6) is 11.5 Å². The Morgan fingerprint density at radius 3 is 2.34 bits per heavy atom. The van der Waals surface area contributed by atoms with Gasteiger partial charge in [-0.15, -0.1) is 0 Å². The van der Waals surface area contributed by atoms with E-state index in [4.69, 9.17) is 21.7 Å². The second-order valence-electron chi connectivity index (χ2n) is 7.22. The molecular formula is C23H28N4O4S. The molecule has 9 heteroatoms. The van der Waals surface area contributed by atoms with Crippen molar-refractivity contribution in [1.82, 2.24) is 10.2 Å². The number of rotatable bonds is 6. The molecule has 32 heavy (non-hydrogen) atoms. The highest BCUT2D eigenvalue weighted by atomic mass is 32.1. The van der Waals surface area contributed by atoms with Gasteiger partial charge in [0.05, 0.1) is 25.6 Å². The Kier molecular flexibility index (Phi) is 7.88. The van der Waals surface area contributed by atoms with Gasteiger partial charge in [-0.25, -0.2) is 0 Å². The van der Waals surface area contributed by atoms with Crippen molar-refractivity contribution in [2.24, 2.45) is 0 Å². The van der Waals surface area contributed by atoms with Crippen molar-refractivity contribution in [1.29, 1.82) is 0 Å². The fourth-order valence-corrected chi connectivity index (χ4v) is 3.78. The van der Waals surface area contributed by atoms with E-state index < -0.39 is 0 Å². The molecule has 0 aromatic heterocycles. The maximum atomic E-state index is 12.6. The van der Waals surface area contributed by atoms with Gasteiger partial charge >= 0.3 is 0 Å². The van der Waals surface area contributed by atoms with Crippen LogP contribution in [-0.4, -0.2) is 62.2 Å². The van der Waals surface area contributed by atoms with E-state index in [1.165, 1.54) is 14.2 Å². The third-order valence-electron chi connectivity index (χ3n) is 5.30. The summed E-state index contributed by atoms with van der Waals surface area (Å²) in [6.45, 7) is 4.71. The highest BCUT2D eigenvalue weighted by Gasteiger charge is 2.22. The van der Waals surface area contributed by atoms with Crippen LogP contribution in [0.4, 0.5) is 11.4 Å². The fraction of sp³-hybridized carbons (Fsp3) is 0.348. The first-order valence-electron chi connectivity index (χ1n) is 10.4. The Hall–Kier alpha value is -3.33. The van der Waals surface area contributed by atoms with Crippen LogP contribution in [0.15, 0.2) is 42.5 Å². The monoisotopic (exact) mass is 456 g/mol. The molecule has 2 N–H and O–H groups in total. The molecule has 0 saturated carbocycles. The molecule has 2 amide bonds. The van der Waals surface area contributed by atoms with Crippen LogP contribution in [0.25, 0.3) is 0 Å². The molecule has 0 unspecified atom stereocenters. The normalized spacial score (nSPS) is 13.3. The number of hydrogen-bond donors (Lipinski definition) is 2. The van der Waals surface area contributed by atoms with Crippen LogP contribution in [0.3, 0.4) is 0 Å². The predicted molar refractivity (Wildman–Crippen MR) is 129 cm³/mol. The lowest BCUT2D eigenvalue weighted by Gasteiger charge is -2.37. The number of nitrogens with zero attached hydrogens (tertiary/aromatic N) is 2. The Bertz CT molecular complexity index is 990. The van der Waals surface area contributed by atoms with Crippen molar-refractivity contribution in [3.8, 4) is 11.5 Å². The smallest absolute Gasteiger partial charge is 0.257 e. The SMILES string of the molecule is CCC(=O)N1CCN(c2ccccc2NC(=S)NC(=O)c2ccc(OC)c(OC)c2)CC1. The van der Waals surface area contributed by atoms with E-state index >= 15 is 0 Å². The summed E-state index contributed by atoms with van der Waals surface area (Å²) in [6.07, 6.45) is 0.520. The summed E-state index contributed by atoms with van der Waals surface area (Å²) in [5.74, 6) is 0.826. The number of methoxy groups -OCH3 is 2. The number of amides is 2. The van der Waals surface area contributed by atoms with Gasteiger partial charge in [-0.05, 0) is 42.5 Å². The van der Waals surface area contributed by atoms with Gasteiger partial charge in [-0.1, -0.05) is 19.1 Å². The second-order valence-corrected chi connectivity index (χ2v) is 7.62. The average Bonchev–Trinajstić information content (AvgIpc) is 2.83. The van der Waals surface area contributed by atoms with Gasteiger partial charge in [0.25, 0.3) is 5.91 Å². The fourth-order valence-electron chi connectivity index (χ4n) is 3.58. The molecule has 2 aromatic carbocycles. The molecule has 1 heterocycles. The number of carbonyl (C=O) groups excluding carboxylic acids is 2. The van der Waals surface area contributed by atoms with Gasteiger partial charge in [-0.2, -0.15) is 0 Å². The number of benzene rings is 2. The summed E-state index contributed by atoms with van der Waals surface area (Å²) in [7, 11) is 3.05. The van der Waals surface area contributed by atoms with Crippen LogP contribution in [0.2, 0.25) is 0 Å². The summed E-state index contributed by atoms with van der Waals surface area (Å²) >= 11 is 5.38. The summed E-state index contributed by atoms with van der Waals surface area (Å²) in [6, 6.07) is 12.7. The number of para-hydroxylation sites is 2. The first kappa shape index (κ1) is 23.3. The zero-order valence-electron chi connectivity index (χ0n) is 18.5. The number of ether oxygens (including phenoxy) is 2. The first-order chi connectivity index (χ1) is 15.5. The lowest BCUT2D eigenvalue weighted by Crippen LogP contribution is -2.48. The molecule has 1 aliphatic rings. The van der Waals surface area contributed by atoms with Crippen molar-refractivity contribution in [3.63, 3.8) is 0 Å². The molecule has 0 spiro atoms. The van der Waals surface area contributed by atoms with Crippen LogP contribution in [-0.2, 0) is 4.79 Å². The van der Waals surface area contributed by atoms with E-state index in [9.17, 15) is 9.59 Å². The molecule has 0 aliphatic carbocycles. The van der Waals surface area contributed by atoms with Crippen LogP contribution in [0.1, 0.15) is 23.7 Å². The molecule has 3 rings (SSSR count). The number of anilines is 2. The molecule has 1 fully saturated rings. The summed E-state index contributed by atoms with van der Waals surface area (Å²) in [4.78, 5) is 28.7. The van der Waals surface area contributed by atoms with Crippen LogP contribution < -0.4 is 25.0 Å². The minimum absolute atomic E-state index is 0.176. The maximum absolute atomic E-state index is 12.6. The van der Waals surface area contributed by atoms with Crippen molar-refractivity contribution < 1.29 is 19.1 Å². The molecule has 8 nitrogen and oxygen atoms in total. The Morgan fingerprint density at radius 1 is 1.00 bits per heavy atom. The lowest BCUT2D eigenvalue weighted by molar-refractivity contribution is -0.131. The van der Waals surface area contributed by atoms with Crippen molar-refractivity contribution in [2.45, 2.75) is 13.3 Å². The van der Waals surface area contributed by atoms with Crippen molar-refractivity contribution in [2.75, 3.05) is 50.6 Å². The molecule has 1 aliphatic heterocycles. The minimum Gasteiger partial charge on any atom is -0.493 e. The van der Waals surface area contributed by atoms with E-state index in [0.29, 0.717) is 36.6 Å². The molecule has 170 valence electrons. The quantitative estimate of drug-likeness (QED) is 0.647. The second kappa shape index (κ2) is 10.8. The zero-order valence-corrected chi connectivity index (χ0v) is 19.3. The minimum atomic E-state index is -0.354. The van der Waals surface area contributed by atoms with Crippen molar-refractivity contribution in [3.05, 3.63) is 48.0 Å². The van der Waals surface area contributed by atoms with Gasteiger partial charge in [0, 0.05) is 38.2 Å². The standard InChI is InChI=1S/C23H28N4O4S/c1-4-21(28)27-13-11-26(12-14-27)18-8-6-5-7-17(18)24-23(32)25-22(29)16-9-10-19(30-2)20(15-16)31-3/h5-10,15H,4,11-14H2,1-3H3,(H2,24,25,29,32).